The van der Waals surface area contributed by atoms with Gasteiger partial charge < -0.3 is 18.9 Å². The van der Waals surface area contributed by atoms with Gasteiger partial charge in [-0.05, 0) is 71.5 Å². The first kappa shape index (κ1) is 26.0. The summed E-state index contributed by atoms with van der Waals surface area (Å²) in [7, 11) is 0. The minimum Gasteiger partial charge on any atom is -0.482 e. The summed E-state index contributed by atoms with van der Waals surface area (Å²) >= 11 is 0. The van der Waals surface area contributed by atoms with Gasteiger partial charge in [0.25, 0.3) is 0 Å². The first-order chi connectivity index (χ1) is 19.1. The Hall–Kier alpha value is -4.58. The van der Waals surface area contributed by atoms with E-state index in [9.17, 15) is 9.59 Å². The van der Waals surface area contributed by atoms with Gasteiger partial charge in [0.15, 0.2) is 13.2 Å². The third-order valence-corrected chi connectivity index (χ3v) is 6.85. The van der Waals surface area contributed by atoms with Crippen LogP contribution in [0.15, 0.2) is 97.1 Å². The lowest BCUT2D eigenvalue weighted by molar-refractivity contribution is -0.146. The monoisotopic (exact) mass is 522 g/mol. The number of carbonyl (C=O) groups is 2. The van der Waals surface area contributed by atoms with E-state index in [2.05, 4.69) is 48.5 Å². The molecule has 0 heterocycles. The van der Waals surface area contributed by atoms with Crippen molar-refractivity contribution < 1.29 is 28.5 Å². The van der Waals surface area contributed by atoms with Crippen molar-refractivity contribution in [2.75, 3.05) is 26.4 Å². The summed E-state index contributed by atoms with van der Waals surface area (Å²) in [6, 6.07) is 32.6. The highest BCUT2D eigenvalue weighted by Crippen LogP contribution is 2.56. The minimum atomic E-state index is -0.591. The molecule has 4 aromatic rings. The third-order valence-electron chi connectivity index (χ3n) is 6.85. The summed E-state index contributed by atoms with van der Waals surface area (Å²) in [5, 5.41) is 0. The fourth-order valence-electron chi connectivity index (χ4n) is 5.32. The van der Waals surface area contributed by atoms with Crippen LogP contribution < -0.4 is 9.47 Å². The molecule has 0 aromatic heterocycles. The molecule has 6 nitrogen and oxygen atoms in total. The second-order valence-electron chi connectivity index (χ2n) is 9.08. The van der Waals surface area contributed by atoms with Crippen LogP contribution in [-0.4, -0.2) is 38.4 Å². The number of rotatable bonds is 10. The lowest BCUT2D eigenvalue weighted by Crippen LogP contribution is -2.28. The van der Waals surface area contributed by atoms with Gasteiger partial charge in [0.1, 0.15) is 11.5 Å². The Bertz CT molecular complexity index is 1340. The molecule has 198 valence electrons. The molecule has 0 saturated carbocycles. The fourth-order valence-corrected chi connectivity index (χ4v) is 5.32. The maximum atomic E-state index is 11.8. The van der Waals surface area contributed by atoms with Crippen LogP contribution in [0.1, 0.15) is 36.1 Å². The standard InChI is InChI=1S/C33H30O6/c1-3-36-31(34)21-38-25-17-13-23(14-18-25)33(24-15-19-26(20-16-24)39-22-32(35)37-4-2)29-11-7-5-9-27(29)28-10-6-8-12-30(28)33/h5-20H,3-4,21-22H2,1-2H3. The number of carbonyl (C=O) groups excluding carboxylic acids is 2. The summed E-state index contributed by atoms with van der Waals surface area (Å²) in [6.07, 6.45) is 0. The average Bonchev–Trinajstić information content (AvgIpc) is 3.27. The highest BCUT2D eigenvalue weighted by molar-refractivity contribution is 5.86. The molecule has 4 aromatic carbocycles. The van der Waals surface area contributed by atoms with Crippen molar-refractivity contribution in [3.8, 4) is 22.6 Å². The zero-order valence-corrected chi connectivity index (χ0v) is 22.0. The van der Waals surface area contributed by atoms with Crippen molar-refractivity contribution in [1.82, 2.24) is 0 Å². The zero-order chi connectivity index (χ0) is 27.2. The third kappa shape index (κ3) is 4.98. The smallest absolute Gasteiger partial charge is 0.344 e. The number of ether oxygens (including phenoxy) is 4. The summed E-state index contributed by atoms with van der Waals surface area (Å²) in [5.74, 6) is 0.373. The summed E-state index contributed by atoms with van der Waals surface area (Å²) in [6.45, 7) is 3.88. The highest BCUT2D eigenvalue weighted by atomic mass is 16.6. The molecule has 39 heavy (non-hydrogen) atoms. The van der Waals surface area contributed by atoms with Crippen molar-refractivity contribution in [2.45, 2.75) is 19.3 Å². The molecule has 1 aliphatic carbocycles. The molecule has 0 spiro atoms. The summed E-state index contributed by atoms with van der Waals surface area (Å²) < 4.78 is 21.3. The molecule has 0 aliphatic heterocycles. The number of hydrogen-bond donors (Lipinski definition) is 0. The van der Waals surface area contributed by atoms with Crippen molar-refractivity contribution in [2.24, 2.45) is 0 Å². The van der Waals surface area contributed by atoms with Crippen LogP contribution in [0.5, 0.6) is 11.5 Å². The maximum absolute atomic E-state index is 11.8. The first-order valence-electron chi connectivity index (χ1n) is 13.0. The summed E-state index contributed by atoms with van der Waals surface area (Å²) in [5.41, 5.74) is 6.23. The van der Waals surface area contributed by atoms with E-state index in [1.165, 1.54) is 22.3 Å². The Morgan fingerprint density at radius 2 is 0.949 bits per heavy atom. The Kier molecular flexibility index (Phi) is 7.64. The van der Waals surface area contributed by atoms with E-state index in [0.29, 0.717) is 24.7 Å². The van der Waals surface area contributed by atoms with Crippen LogP contribution in [0, 0.1) is 0 Å². The molecule has 5 rings (SSSR count). The van der Waals surface area contributed by atoms with Gasteiger partial charge in [0.05, 0.1) is 18.6 Å². The predicted molar refractivity (Wildman–Crippen MR) is 148 cm³/mol. The quantitative estimate of drug-likeness (QED) is 0.212. The van der Waals surface area contributed by atoms with Crippen LogP contribution in [0.3, 0.4) is 0 Å². The van der Waals surface area contributed by atoms with Crippen LogP contribution in [0.4, 0.5) is 0 Å². The molecule has 0 N–H and O–H groups in total. The van der Waals surface area contributed by atoms with E-state index >= 15 is 0 Å². The van der Waals surface area contributed by atoms with Crippen LogP contribution >= 0.6 is 0 Å². The fraction of sp³-hybridized carbons (Fsp3) is 0.212. The Morgan fingerprint density at radius 3 is 1.33 bits per heavy atom. The topological polar surface area (TPSA) is 71.1 Å². The zero-order valence-electron chi connectivity index (χ0n) is 22.0. The molecule has 0 fully saturated rings. The second kappa shape index (κ2) is 11.4. The minimum absolute atomic E-state index is 0.142. The van der Waals surface area contributed by atoms with Gasteiger partial charge >= 0.3 is 11.9 Å². The van der Waals surface area contributed by atoms with Crippen molar-refractivity contribution in [3.63, 3.8) is 0 Å². The number of benzene rings is 4. The highest BCUT2D eigenvalue weighted by Gasteiger charge is 2.45. The van der Waals surface area contributed by atoms with Gasteiger partial charge in [-0.15, -0.1) is 0 Å². The van der Waals surface area contributed by atoms with Gasteiger partial charge in [0, 0.05) is 0 Å². The normalized spacial score (nSPS) is 12.7. The molecule has 0 radical (unpaired) electrons. The largest absolute Gasteiger partial charge is 0.482 e. The average molecular weight is 523 g/mol. The molecule has 0 amide bonds. The van der Waals surface area contributed by atoms with E-state index in [-0.39, 0.29) is 13.2 Å². The van der Waals surface area contributed by atoms with Crippen molar-refractivity contribution >= 4 is 11.9 Å². The van der Waals surface area contributed by atoms with Gasteiger partial charge in [0.2, 0.25) is 0 Å². The Balaban J connectivity index is 1.57. The predicted octanol–water partition coefficient (Wildman–Crippen LogP) is 5.93. The van der Waals surface area contributed by atoms with E-state index in [4.69, 9.17) is 18.9 Å². The molecular weight excluding hydrogens is 492 g/mol. The second-order valence-corrected chi connectivity index (χ2v) is 9.08. The Morgan fingerprint density at radius 1 is 0.564 bits per heavy atom. The molecular formula is C33H30O6. The lowest BCUT2D eigenvalue weighted by atomic mass is 9.68. The lowest BCUT2D eigenvalue weighted by Gasteiger charge is -2.34. The van der Waals surface area contributed by atoms with E-state index in [1.54, 1.807) is 13.8 Å². The van der Waals surface area contributed by atoms with Gasteiger partial charge in [-0.3, -0.25) is 0 Å². The number of esters is 2. The van der Waals surface area contributed by atoms with Crippen LogP contribution in [-0.2, 0) is 24.5 Å². The van der Waals surface area contributed by atoms with Crippen LogP contribution in [0.2, 0.25) is 0 Å². The van der Waals surface area contributed by atoms with E-state index in [1.807, 2.05) is 48.5 Å². The SMILES string of the molecule is CCOC(=O)COc1ccc(C2(c3ccc(OCC(=O)OCC)cc3)c3ccccc3-c3ccccc32)cc1. The van der Waals surface area contributed by atoms with Crippen LogP contribution in [0.25, 0.3) is 11.1 Å². The molecule has 6 heteroatoms. The van der Waals surface area contributed by atoms with E-state index < -0.39 is 17.4 Å². The molecule has 0 atom stereocenters. The molecule has 0 saturated heterocycles. The molecule has 1 aliphatic rings. The summed E-state index contributed by atoms with van der Waals surface area (Å²) in [4.78, 5) is 23.5. The van der Waals surface area contributed by atoms with E-state index in [0.717, 1.165) is 11.1 Å². The Labute approximate surface area is 228 Å². The maximum Gasteiger partial charge on any atom is 0.344 e. The molecule has 0 bridgehead atoms. The number of fused-ring (bicyclic) bond motifs is 3. The van der Waals surface area contributed by atoms with Gasteiger partial charge in [-0.1, -0.05) is 72.8 Å². The number of hydrogen-bond acceptors (Lipinski definition) is 6. The first-order valence-corrected chi connectivity index (χ1v) is 13.0. The van der Waals surface area contributed by atoms with Gasteiger partial charge in [-0.2, -0.15) is 0 Å². The molecule has 0 unspecified atom stereocenters. The van der Waals surface area contributed by atoms with Crippen molar-refractivity contribution in [1.29, 1.82) is 0 Å². The van der Waals surface area contributed by atoms with Gasteiger partial charge in [-0.25, -0.2) is 9.59 Å². The van der Waals surface area contributed by atoms with Crippen molar-refractivity contribution in [3.05, 3.63) is 119 Å².